The summed E-state index contributed by atoms with van der Waals surface area (Å²) in [5.74, 6) is -0.979. The molecular formula is C16H19F3N2O3. The molecule has 1 aromatic carbocycles. The maximum Gasteiger partial charge on any atom is 0.416 e. The highest BCUT2D eigenvalue weighted by Gasteiger charge is 2.34. The van der Waals surface area contributed by atoms with E-state index in [0.29, 0.717) is 13.1 Å². The van der Waals surface area contributed by atoms with E-state index in [-0.39, 0.29) is 30.3 Å². The van der Waals surface area contributed by atoms with Crippen molar-refractivity contribution in [3.05, 3.63) is 35.4 Å². The molecule has 2 N–H and O–H groups in total. The molecule has 5 nitrogen and oxygen atoms in total. The zero-order valence-corrected chi connectivity index (χ0v) is 13.1. The Morgan fingerprint density at radius 1 is 1.46 bits per heavy atom. The molecule has 8 heteroatoms. The minimum Gasteiger partial charge on any atom is -0.387 e. The zero-order valence-electron chi connectivity index (χ0n) is 13.1. The van der Waals surface area contributed by atoms with Gasteiger partial charge in [0.05, 0.1) is 17.6 Å². The van der Waals surface area contributed by atoms with Crippen LogP contribution in [0.2, 0.25) is 0 Å². The van der Waals surface area contributed by atoms with Crippen LogP contribution in [0.15, 0.2) is 24.3 Å². The van der Waals surface area contributed by atoms with Crippen molar-refractivity contribution in [1.29, 1.82) is 0 Å². The number of alkyl halides is 3. The fourth-order valence-electron chi connectivity index (χ4n) is 2.64. The van der Waals surface area contributed by atoms with E-state index in [9.17, 15) is 27.9 Å². The number of carbonyl (C=O) groups is 2. The second-order valence-corrected chi connectivity index (χ2v) is 5.72. The number of halogens is 3. The lowest BCUT2D eigenvalue weighted by atomic mass is 10.0. The first kappa shape index (κ1) is 18.3. The average Bonchev–Trinajstić information content (AvgIpc) is 2.92. The molecule has 2 rings (SSSR count). The van der Waals surface area contributed by atoms with E-state index in [1.54, 1.807) is 4.90 Å². The molecule has 2 atom stereocenters. The molecule has 1 aliphatic heterocycles. The van der Waals surface area contributed by atoms with Crippen molar-refractivity contribution in [2.45, 2.75) is 25.6 Å². The summed E-state index contributed by atoms with van der Waals surface area (Å²) in [6.07, 6.45) is -5.64. The fraction of sp³-hybridized carbons (Fsp3) is 0.500. The molecule has 1 fully saturated rings. The van der Waals surface area contributed by atoms with Crippen LogP contribution in [-0.2, 0) is 15.8 Å². The first-order chi connectivity index (χ1) is 11.2. The Kier molecular flexibility index (Phi) is 5.48. The maximum absolute atomic E-state index is 12.7. The molecular weight excluding hydrogens is 325 g/mol. The molecule has 2 unspecified atom stereocenters. The third-order valence-electron chi connectivity index (χ3n) is 4.04. The predicted octanol–water partition coefficient (Wildman–Crippen LogP) is 1.72. The lowest BCUT2D eigenvalue weighted by molar-refractivity contribution is -0.137. The van der Waals surface area contributed by atoms with Crippen LogP contribution in [0.4, 0.5) is 13.2 Å². The summed E-state index contributed by atoms with van der Waals surface area (Å²) in [6.45, 7) is 2.45. The van der Waals surface area contributed by atoms with Crippen molar-refractivity contribution < 1.29 is 27.9 Å². The molecule has 0 aliphatic carbocycles. The number of benzene rings is 1. The summed E-state index contributed by atoms with van der Waals surface area (Å²) in [5.41, 5.74) is -0.784. The van der Waals surface area contributed by atoms with Crippen LogP contribution in [0.25, 0.3) is 0 Å². The van der Waals surface area contributed by atoms with Gasteiger partial charge >= 0.3 is 6.18 Å². The van der Waals surface area contributed by atoms with Gasteiger partial charge in [-0.05, 0) is 24.6 Å². The number of nitrogens with one attached hydrogen (secondary N) is 1. The number of aliphatic hydroxyl groups is 1. The number of hydrogen-bond acceptors (Lipinski definition) is 3. The molecule has 2 amide bonds. The molecule has 0 bridgehead atoms. The highest BCUT2D eigenvalue weighted by atomic mass is 19.4. The minimum absolute atomic E-state index is 0.0720. The van der Waals surface area contributed by atoms with E-state index in [1.807, 2.05) is 6.92 Å². The second kappa shape index (κ2) is 7.21. The topological polar surface area (TPSA) is 69.6 Å². The van der Waals surface area contributed by atoms with Gasteiger partial charge in [0, 0.05) is 26.1 Å². The largest absolute Gasteiger partial charge is 0.416 e. The number of aliphatic hydroxyl groups excluding tert-OH is 1. The molecule has 0 spiro atoms. The van der Waals surface area contributed by atoms with Gasteiger partial charge in [-0.15, -0.1) is 0 Å². The molecule has 0 radical (unpaired) electrons. The number of likely N-dealkylation sites (tertiary alicyclic amines) is 1. The van der Waals surface area contributed by atoms with Crippen LogP contribution in [0.5, 0.6) is 0 Å². The molecule has 0 saturated carbocycles. The van der Waals surface area contributed by atoms with Gasteiger partial charge in [0.15, 0.2) is 0 Å². The Hall–Kier alpha value is -2.09. The van der Waals surface area contributed by atoms with Crippen molar-refractivity contribution in [2.75, 3.05) is 19.6 Å². The lowest BCUT2D eigenvalue weighted by Gasteiger charge is -2.16. The standard InChI is InChI=1S/C16H19F3N2O3/c1-2-21-9-11(7-14(21)23)15(24)20-8-13(22)10-4-3-5-12(6-10)16(17,18)19/h3-6,11,13,22H,2,7-9H2,1H3,(H,20,24). The SMILES string of the molecule is CCN1CC(C(=O)NCC(O)c2cccc(C(F)(F)F)c2)CC1=O. The lowest BCUT2D eigenvalue weighted by Crippen LogP contribution is -2.35. The van der Waals surface area contributed by atoms with Gasteiger partial charge in [-0.3, -0.25) is 9.59 Å². The highest BCUT2D eigenvalue weighted by molar-refractivity contribution is 5.89. The van der Waals surface area contributed by atoms with Crippen molar-refractivity contribution >= 4 is 11.8 Å². The summed E-state index contributed by atoms with van der Waals surface area (Å²) in [5, 5.41) is 12.5. The number of amides is 2. The van der Waals surface area contributed by atoms with E-state index >= 15 is 0 Å². The molecule has 0 aromatic heterocycles. The maximum atomic E-state index is 12.7. The minimum atomic E-state index is -4.49. The second-order valence-electron chi connectivity index (χ2n) is 5.72. The van der Waals surface area contributed by atoms with Crippen LogP contribution in [0, 0.1) is 5.92 Å². The van der Waals surface area contributed by atoms with Crippen LogP contribution >= 0.6 is 0 Å². The third-order valence-corrected chi connectivity index (χ3v) is 4.04. The molecule has 1 heterocycles. The monoisotopic (exact) mass is 344 g/mol. The van der Waals surface area contributed by atoms with E-state index < -0.39 is 23.8 Å². The highest BCUT2D eigenvalue weighted by Crippen LogP contribution is 2.30. The van der Waals surface area contributed by atoms with Crippen LogP contribution < -0.4 is 5.32 Å². The van der Waals surface area contributed by atoms with E-state index in [1.165, 1.54) is 12.1 Å². The summed E-state index contributed by atoms with van der Waals surface area (Å²) in [7, 11) is 0. The van der Waals surface area contributed by atoms with Crippen LogP contribution in [0.3, 0.4) is 0 Å². The summed E-state index contributed by atoms with van der Waals surface area (Å²) >= 11 is 0. The van der Waals surface area contributed by atoms with Gasteiger partial charge in [0.1, 0.15) is 0 Å². The molecule has 1 saturated heterocycles. The van der Waals surface area contributed by atoms with E-state index in [4.69, 9.17) is 0 Å². The Morgan fingerprint density at radius 3 is 2.75 bits per heavy atom. The predicted molar refractivity (Wildman–Crippen MR) is 79.8 cm³/mol. The number of hydrogen-bond donors (Lipinski definition) is 2. The van der Waals surface area contributed by atoms with Crippen molar-refractivity contribution in [1.82, 2.24) is 10.2 Å². The molecule has 24 heavy (non-hydrogen) atoms. The number of carbonyl (C=O) groups excluding carboxylic acids is 2. The Balaban J connectivity index is 1.93. The number of rotatable bonds is 5. The van der Waals surface area contributed by atoms with Crippen molar-refractivity contribution in [3.8, 4) is 0 Å². The smallest absolute Gasteiger partial charge is 0.387 e. The normalized spacial score (nSPS) is 19.5. The summed E-state index contributed by atoms with van der Waals surface area (Å²) in [4.78, 5) is 25.2. The first-order valence-corrected chi connectivity index (χ1v) is 7.63. The Morgan fingerprint density at radius 2 is 2.17 bits per heavy atom. The van der Waals surface area contributed by atoms with E-state index in [2.05, 4.69) is 5.32 Å². The van der Waals surface area contributed by atoms with E-state index in [0.717, 1.165) is 12.1 Å². The Labute approximate surface area is 137 Å². The zero-order chi connectivity index (χ0) is 17.9. The van der Waals surface area contributed by atoms with Gasteiger partial charge in [-0.1, -0.05) is 12.1 Å². The van der Waals surface area contributed by atoms with Gasteiger partial charge in [0.25, 0.3) is 0 Å². The third kappa shape index (κ3) is 4.25. The summed E-state index contributed by atoms with van der Waals surface area (Å²) in [6, 6.07) is 4.34. The van der Waals surface area contributed by atoms with Crippen LogP contribution in [0.1, 0.15) is 30.6 Å². The summed E-state index contributed by atoms with van der Waals surface area (Å²) < 4.78 is 38.0. The van der Waals surface area contributed by atoms with Crippen molar-refractivity contribution in [3.63, 3.8) is 0 Å². The molecule has 132 valence electrons. The van der Waals surface area contributed by atoms with Crippen LogP contribution in [-0.4, -0.2) is 41.5 Å². The van der Waals surface area contributed by atoms with Gasteiger partial charge < -0.3 is 15.3 Å². The quantitative estimate of drug-likeness (QED) is 0.855. The van der Waals surface area contributed by atoms with Gasteiger partial charge in [0.2, 0.25) is 11.8 Å². The Bertz CT molecular complexity index is 619. The number of nitrogens with zero attached hydrogens (tertiary/aromatic N) is 1. The fourth-order valence-corrected chi connectivity index (χ4v) is 2.64. The average molecular weight is 344 g/mol. The van der Waals surface area contributed by atoms with Crippen molar-refractivity contribution in [2.24, 2.45) is 5.92 Å². The first-order valence-electron chi connectivity index (χ1n) is 7.63. The molecule has 1 aromatic rings. The molecule has 1 aliphatic rings. The van der Waals surface area contributed by atoms with Gasteiger partial charge in [-0.25, -0.2) is 0 Å². The van der Waals surface area contributed by atoms with Gasteiger partial charge in [-0.2, -0.15) is 13.2 Å².